The molecule has 66 valence electrons. The lowest BCUT2D eigenvalue weighted by Crippen LogP contribution is -2.23. The zero-order valence-corrected chi connectivity index (χ0v) is 6.62. The SMILES string of the molecule is O=C(OC1CCOC1=O)C1CC1. The number of carbonyl (C=O) groups is 2. The number of rotatable bonds is 2. The van der Waals surface area contributed by atoms with Gasteiger partial charge in [-0.25, -0.2) is 4.79 Å². The highest BCUT2D eigenvalue weighted by molar-refractivity contribution is 5.82. The molecule has 0 aromatic carbocycles. The fourth-order valence-corrected chi connectivity index (χ4v) is 1.14. The second-order valence-electron chi connectivity index (χ2n) is 3.16. The molecule has 12 heavy (non-hydrogen) atoms. The monoisotopic (exact) mass is 170 g/mol. The van der Waals surface area contributed by atoms with Crippen molar-refractivity contribution in [3.05, 3.63) is 0 Å². The van der Waals surface area contributed by atoms with Gasteiger partial charge < -0.3 is 9.47 Å². The van der Waals surface area contributed by atoms with E-state index in [2.05, 4.69) is 4.74 Å². The average Bonchev–Trinajstić information content (AvgIpc) is 2.80. The van der Waals surface area contributed by atoms with Crippen LogP contribution in [0.3, 0.4) is 0 Å². The topological polar surface area (TPSA) is 52.6 Å². The fraction of sp³-hybridized carbons (Fsp3) is 0.750. The van der Waals surface area contributed by atoms with Crippen molar-refractivity contribution in [1.82, 2.24) is 0 Å². The molecular formula is C8H10O4. The van der Waals surface area contributed by atoms with Crippen molar-refractivity contribution in [3.63, 3.8) is 0 Å². The lowest BCUT2D eigenvalue weighted by Gasteiger charge is -2.06. The summed E-state index contributed by atoms with van der Waals surface area (Å²) < 4.78 is 9.58. The van der Waals surface area contributed by atoms with Crippen molar-refractivity contribution < 1.29 is 19.1 Å². The summed E-state index contributed by atoms with van der Waals surface area (Å²) in [7, 11) is 0. The number of ether oxygens (including phenoxy) is 2. The van der Waals surface area contributed by atoms with Crippen molar-refractivity contribution in [3.8, 4) is 0 Å². The Morgan fingerprint density at radius 2 is 2.17 bits per heavy atom. The van der Waals surface area contributed by atoms with Gasteiger partial charge in [-0.1, -0.05) is 0 Å². The summed E-state index contributed by atoms with van der Waals surface area (Å²) in [4.78, 5) is 21.9. The molecule has 0 aromatic rings. The highest BCUT2D eigenvalue weighted by Crippen LogP contribution is 2.31. The average molecular weight is 170 g/mol. The largest absolute Gasteiger partial charge is 0.463 e. The third-order valence-electron chi connectivity index (χ3n) is 2.06. The van der Waals surface area contributed by atoms with E-state index < -0.39 is 12.1 Å². The third-order valence-corrected chi connectivity index (χ3v) is 2.06. The van der Waals surface area contributed by atoms with E-state index in [1.807, 2.05) is 0 Å². The highest BCUT2D eigenvalue weighted by atomic mass is 16.6. The van der Waals surface area contributed by atoms with Gasteiger partial charge in [-0.3, -0.25) is 4.79 Å². The fourth-order valence-electron chi connectivity index (χ4n) is 1.14. The first-order valence-corrected chi connectivity index (χ1v) is 4.14. The molecule has 0 bridgehead atoms. The van der Waals surface area contributed by atoms with E-state index in [0.717, 1.165) is 12.8 Å². The molecule has 0 N–H and O–H groups in total. The zero-order valence-electron chi connectivity index (χ0n) is 6.62. The second-order valence-corrected chi connectivity index (χ2v) is 3.16. The van der Waals surface area contributed by atoms with Gasteiger partial charge in [0.15, 0.2) is 0 Å². The molecule has 1 saturated carbocycles. The van der Waals surface area contributed by atoms with Crippen molar-refractivity contribution in [2.24, 2.45) is 5.92 Å². The summed E-state index contributed by atoms with van der Waals surface area (Å²) in [6.07, 6.45) is 1.69. The smallest absolute Gasteiger partial charge is 0.347 e. The molecule has 1 unspecified atom stereocenters. The van der Waals surface area contributed by atoms with Gasteiger partial charge in [-0.05, 0) is 12.8 Å². The maximum Gasteiger partial charge on any atom is 0.347 e. The summed E-state index contributed by atoms with van der Waals surface area (Å²) >= 11 is 0. The van der Waals surface area contributed by atoms with Gasteiger partial charge in [0.2, 0.25) is 6.10 Å². The molecule has 1 aliphatic carbocycles. The lowest BCUT2D eigenvalue weighted by molar-refractivity contribution is -0.161. The molecule has 4 nitrogen and oxygen atoms in total. The molecule has 1 atom stereocenters. The van der Waals surface area contributed by atoms with Gasteiger partial charge in [0.1, 0.15) is 0 Å². The summed E-state index contributed by atoms with van der Waals surface area (Å²) in [6.45, 7) is 0.376. The Labute approximate surface area is 69.8 Å². The predicted molar refractivity (Wildman–Crippen MR) is 38.2 cm³/mol. The number of esters is 2. The van der Waals surface area contributed by atoms with Crippen LogP contribution in [-0.2, 0) is 19.1 Å². The molecule has 2 aliphatic rings. The first-order chi connectivity index (χ1) is 5.77. The van der Waals surface area contributed by atoms with Crippen LogP contribution in [0.15, 0.2) is 0 Å². The van der Waals surface area contributed by atoms with E-state index in [0.29, 0.717) is 13.0 Å². The lowest BCUT2D eigenvalue weighted by atomic mass is 10.3. The summed E-state index contributed by atoms with van der Waals surface area (Å²) in [6, 6.07) is 0. The first kappa shape index (κ1) is 7.58. The minimum atomic E-state index is -0.627. The van der Waals surface area contributed by atoms with Crippen LogP contribution in [0.1, 0.15) is 19.3 Å². The minimum Gasteiger partial charge on any atom is -0.463 e. The Morgan fingerprint density at radius 1 is 1.42 bits per heavy atom. The van der Waals surface area contributed by atoms with Crippen molar-refractivity contribution in [2.45, 2.75) is 25.4 Å². The molecule has 0 radical (unpaired) electrons. The molecular weight excluding hydrogens is 160 g/mol. The standard InChI is InChI=1S/C8H10O4/c9-7(5-1-2-5)12-6-3-4-11-8(6)10/h5-6H,1-4H2. The molecule has 1 saturated heterocycles. The molecule has 0 amide bonds. The Balaban J connectivity index is 1.84. The highest BCUT2D eigenvalue weighted by Gasteiger charge is 2.36. The van der Waals surface area contributed by atoms with E-state index in [1.165, 1.54) is 0 Å². The summed E-state index contributed by atoms with van der Waals surface area (Å²) in [5, 5.41) is 0. The Hall–Kier alpha value is -1.06. The van der Waals surface area contributed by atoms with Gasteiger partial charge in [0.25, 0.3) is 0 Å². The Morgan fingerprint density at radius 3 is 2.67 bits per heavy atom. The van der Waals surface area contributed by atoms with E-state index in [9.17, 15) is 9.59 Å². The minimum absolute atomic E-state index is 0.0541. The number of cyclic esters (lactones) is 1. The van der Waals surface area contributed by atoms with Gasteiger partial charge >= 0.3 is 11.9 Å². The van der Waals surface area contributed by atoms with Crippen LogP contribution in [-0.4, -0.2) is 24.6 Å². The maximum atomic E-state index is 11.1. The van der Waals surface area contributed by atoms with Gasteiger partial charge in [-0.15, -0.1) is 0 Å². The molecule has 4 heteroatoms. The number of hydrogen-bond acceptors (Lipinski definition) is 4. The van der Waals surface area contributed by atoms with Crippen LogP contribution in [0.4, 0.5) is 0 Å². The third kappa shape index (κ3) is 1.42. The maximum absolute atomic E-state index is 11.1. The molecule has 2 rings (SSSR count). The van der Waals surface area contributed by atoms with Crippen LogP contribution in [0.2, 0.25) is 0 Å². The van der Waals surface area contributed by atoms with Crippen molar-refractivity contribution in [1.29, 1.82) is 0 Å². The van der Waals surface area contributed by atoms with Crippen LogP contribution in [0.5, 0.6) is 0 Å². The zero-order chi connectivity index (χ0) is 8.55. The number of carbonyl (C=O) groups excluding carboxylic acids is 2. The van der Waals surface area contributed by atoms with Crippen LogP contribution in [0, 0.1) is 5.92 Å². The van der Waals surface area contributed by atoms with Gasteiger partial charge in [0, 0.05) is 6.42 Å². The Bertz CT molecular complexity index is 219. The molecule has 0 aromatic heterocycles. The van der Waals surface area contributed by atoms with Crippen LogP contribution >= 0.6 is 0 Å². The summed E-state index contributed by atoms with van der Waals surface area (Å²) in [5.41, 5.74) is 0. The van der Waals surface area contributed by atoms with E-state index >= 15 is 0 Å². The quantitative estimate of drug-likeness (QED) is 0.557. The predicted octanol–water partition coefficient (Wildman–Crippen LogP) is 0.255. The van der Waals surface area contributed by atoms with Crippen molar-refractivity contribution in [2.75, 3.05) is 6.61 Å². The molecule has 2 fully saturated rings. The molecule has 1 aliphatic heterocycles. The summed E-state index contributed by atoms with van der Waals surface area (Å²) in [5.74, 6) is -0.582. The van der Waals surface area contributed by atoms with E-state index in [4.69, 9.17) is 4.74 Å². The van der Waals surface area contributed by atoms with Crippen molar-refractivity contribution >= 4 is 11.9 Å². The van der Waals surface area contributed by atoms with Crippen LogP contribution < -0.4 is 0 Å². The molecule has 1 heterocycles. The normalized spacial score (nSPS) is 28.3. The van der Waals surface area contributed by atoms with E-state index in [1.54, 1.807) is 0 Å². The second kappa shape index (κ2) is 2.77. The van der Waals surface area contributed by atoms with E-state index in [-0.39, 0.29) is 11.9 Å². The van der Waals surface area contributed by atoms with Crippen LogP contribution in [0.25, 0.3) is 0 Å². The number of hydrogen-bond donors (Lipinski definition) is 0. The first-order valence-electron chi connectivity index (χ1n) is 4.14. The van der Waals surface area contributed by atoms with Gasteiger partial charge in [0.05, 0.1) is 12.5 Å². The Kier molecular flexibility index (Phi) is 1.75. The molecule has 0 spiro atoms. The van der Waals surface area contributed by atoms with Gasteiger partial charge in [-0.2, -0.15) is 0 Å².